The summed E-state index contributed by atoms with van der Waals surface area (Å²) in [6, 6.07) is 10.4. The highest BCUT2D eigenvalue weighted by molar-refractivity contribution is 5.74. The molecule has 0 bridgehead atoms. The molecule has 1 aliphatic heterocycles. The molecule has 0 radical (unpaired) electrons. The molecule has 31 heavy (non-hydrogen) atoms. The maximum absolute atomic E-state index is 14.3. The summed E-state index contributed by atoms with van der Waals surface area (Å²) in [4.78, 5) is 14.6. The van der Waals surface area contributed by atoms with Gasteiger partial charge in [0.25, 0.3) is 0 Å². The first-order valence-electron chi connectivity index (χ1n) is 10.5. The van der Waals surface area contributed by atoms with Crippen molar-refractivity contribution in [3.63, 3.8) is 0 Å². The molecule has 3 rings (SSSR count). The number of benzene rings is 2. The average molecular weight is 430 g/mol. The highest BCUT2D eigenvalue weighted by atomic mass is 19.1. The lowest BCUT2D eigenvalue weighted by atomic mass is 9.91. The summed E-state index contributed by atoms with van der Waals surface area (Å²) in [5, 5.41) is 5.91. The summed E-state index contributed by atoms with van der Waals surface area (Å²) in [6.45, 7) is 7.38. The smallest absolute Gasteiger partial charge is 0.315 e. The van der Waals surface area contributed by atoms with Crippen LogP contribution in [0.25, 0.3) is 0 Å². The normalized spacial score (nSPS) is 16.4. The zero-order chi connectivity index (χ0) is 22.6. The molecule has 1 heterocycles. The Morgan fingerprint density at radius 3 is 2.48 bits per heavy atom. The first kappa shape index (κ1) is 22.9. The number of urea groups is 1. The molecule has 2 amide bonds. The van der Waals surface area contributed by atoms with Gasteiger partial charge in [0.15, 0.2) is 11.5 Å². The van der Waals surface area contributed by atoms with Crippen LogP contribution >= 0.6 is 0 Å². The largest absolute Gasteiger partial charge is 0.493 e. The van der Waals surface area contributed by atoms with Gasteiger partial charge in [-0.3, -0.25) is 4.90 Å². The number of hydrogen-bond acceptors (Lipinski definition) is 4. The van der Waals surface area contributed by atoms with E-state index in [4.69, 9.17) is 9.47 Å². The Hall–Kier alpha value is -2.80. The molecule has 2 N–H and O–H groups in total. The first-order chi connectivity index (χ1) is 14.7. The quantitative estimate of drug-likeness (QED) is 0.728. The molecule has 1 atom stereocenters. The number of carbonyl (C=O) groups excluding carboxylic acids is 1. The Morgan fingerprint density at radius 1 is 1.16 bits per heavy atom. The number of nitrogens with zero attached hydrogens (tertiary/aromatic N) is 1. The van der Waals surface area contributed by atoms with Gasteiger partial charge in [-0.2, -0.15) is 0 Å². The fourth-order valence-electron chi connectivity index (χ4n) is 3.93. The molecule has 0 saturated heterocycles. The molecule has 2 aromatic carbocycles. The van der Waals surface area contributed by atoms with Crippen LogP contribution in [0.1, 0.15) is 43.5 Å². The molecule has 6 nitrogen and oxygen atoms in total. The molecule has 168 valence electrons. The predicted octanol–water partition coefficient (Wildman–Crippen LogP) is 4.04. The molecule has 0 aliphatic carbocycles. The van der Waals surface area contributed by atoms with Gasteiger partial charge < -0.3 is 20.1 Å². The number of amides is 2. The van der Waals surface area contributed by atoms with Crippen LogP contribution in [0.5, 0.6) is 11.5 Å². The van der Waals surface area contributed by atoms with E-state index < -0.39 is 0 Å². The van der Waals surface area contributed by atoms with E-state index >= 15 is 0 Å². The molecule has 1 aliphatic rings. The lowest BCUT2D eigenvalue weighted by molar-refractivity contribution is 0.168. The molecular weight excluding hydrogens is 397 g/mol. The summed E-state index contributed by atoms with van der Waals surface area (Å²) >= 11 is 0. The molecule has 0 aromatic heterocycles. The Morgan fingerprint density at radius 2 is 1.84 bits per heavy atom. The Balaban J connectivity index is 1.90. The third-order valence-electron chi connectivity index (χ3n) is 5.39. The molecule has 0 fully saturated rings. The van der Waals surface area contributed by atoms with Gasteiger partial charge in [-0.05, 0) is 56.5 Å². The molecule has 0 saturated carbocycles. The van der Waals surface area contributed by atoms with Crippen molar-refractivity contribution >= 4 is 6.03 Å². The summed E-state index contributed by atoms with van der Waals surface area (Å²) in [6.07, 6.45) is 0.800. The first-order valence-corrected chi connectivity index (χ1v) is 10.5. The number of halogens is 1. The van der Waals surface area contributed by atoms with Crippen molar-refractivity contribution in [3.05, 3.63) is 58.9 Å². The van der Waals surface area contributed by atoms with Crippen molar-refractivity contribution in [2.45, 2.75) is 45.3 Å². The van der Waals surface area contributed by atoms with Gasteiger partial charge in [0.1, 0.15) is 5.82 Å². The summed E-state index contributed by atoms with van der Waals surface area (Å²) in [7, 11) is 3.22. The minimum Gasteiger partial charge on any atom is -0.493 e. The number of hydrogen-bond donors (Lipinski definition) is 2. The van der Waals surface area contributed by atoms with E-state index in [2.05, 4.69) is 15.5 Å². The summed E-state index contributed by atoms with van der Waals surface area (Å²) in [5.41, 5.74) is 2.50. The van der Waals surface area contributed by atoms with Crippen molar-refractivity contribution in [2.24, 2.45) is 0 Å². The lowest BCUT2D eigenvalue weighted by Crippen LogP contribution is -2.49. The second-order valence-corrected chi connectivity index (χ2v) is 8.82. The lowest BCUT2D eigenvalue weighted by Gasteiger charge is -2.38. The minimum absolute atomic E-state index is 0.131. The van der Waals surface area contributed by atoms with Gasteiger partial charge in [0.05, 0.1) is 20.3 Å². The number of nitrogens with one attached hydrogen (secondary N) is 2. The molecule has 0 spiro atoms. The molecule has 1 unspecified atom stereocenters. The van der Waals surface area contributed by atoms with E-state index in [1.54, 1.807) is 26.4 Å². The van der Waals surface area contributed by atoms with E-state index in [9.17, 15) is 9.18 Å². The van der Waals surface area contributed by atoms with E-state index in [0.717, 1.165) is 24.1 Å². The van der Waals surface area contributed by atoms with E-state index in [-0.39, 0.29) is 23.4 Å². The zero-order valence-corrected chi connectivity index (χ0v) is 18.9. The van der Waals surface area contributed by atoms with Crippen molar-refractivity contribution in [2.75, 3.05) is 27.3 Å². The second-order valence-electron chi connectivity index (χ2n) is 8.82. The van der Waals surface area contributed by atoms with E-state index in [1.807, 2.05) is 39.0 Å². The second kappa shape index (κ2) is 9.56. The highest BCUT2D eigenvalue weighted by Gasteiger charge is 2.30. The van der Waals surface area contributed by atoms with Gasteiger partial charge in [-0.15, -0.1) is 0 Å². The van der Waals surface area contributed by atoms with Crippen LogP contribution in [0.4, 0.5) is 9.18 Å². The van der Waals surface area contributed by atoms with Gasteiger partial charge in [-0.25, -0.2) is 9.18 Å². The standard InChI is InChI=1S/C24H32FN3O3/c1-24(2,3)27-23(29)26-14-20-18-13-22(31-5)21(30-4)12-16(18)10-11-28(20)15-17-8-6-7-9-19(17)25/h6-9,12-13,20H,10-11,14-15H2,1-5H3,(H2,26,27,29). The summed E-state index contributed by atoms with van der Waals surface area (Å²) in [5.74, 6) is 1.09. The number of ether oxygens (including phenoxy) is 2. The Bertz CT molecular complexity index is 927. The van der Waals surface area contributed by atoms with Crippen LogP contribution in [0.15, 0.2) is 36.4 Å². The fourth-order valence-corrected chi connectivity index (χ4v) is 3.93. The van der Waals surface area contributed by atoms with Crippen molar-refractivity contribution in [1.82, 2.24) is 15.5 Å². The third-order valence-corrected chi connectivity index (χ3v) is 5.39. The SMILES string of the molecule is COc1cc2c(cc1OC)C(CNC(=O)NC(C)(C)C)N(Cc1ccccc1F)CC2. The van der Waals surface area contributed by atoms with E-state index in [1.165, 1.54) is 6.07 Å². The molecular formula is C24H32FN3O3. The van der Waals surface area contributed by atoms with Crippen molar-refractivity contribution in [1.29, 1.82) is 0 Å². The van der Waals surface area contributed by atoms with Crippen LogP contribution in [-0.4, -0.2) is 43.8 Å². The van der Waals surface area contributed by atoms with E-state index in [0.29, 0.717) is 30.2 Å². The maximum atomic E-state index is 14.3. The highest BCUT2D eigenvalue weighted by Crippen LogP contribution is 2.38. The maximum Gasteiger partial charge on any atom is 0.315 e. The van der Waals surface area contributed by atoms with Gasteiger partial charge in [-0.1, -0.05) is 18.2 Å². The number of carbonyl (C=O) groups is 1. The van der Waals surface area contributed by atoms with Crippen LogP contribution in [0.3, 0.4) is 0 Å². The third kappa shape index (κ3) is 5.67. The topological polar surface area (TPSA) is 62.8 Å². The van der Waals surface area contributed by atoms with Gasteiger partial charge in [0.2, 0.25) is 0 Å². The fraction of sp³-hybridized carbons (Fsp3) is 0.458. The Kier molecular flexibility index (Phi) is 7.05. The Labute approximate surface area is 183 Å². The van der Waals surface area contributed by atoms with Gasteiger partial charge in [0, 0.05) is 30.7 Å². The van der Waals surface area contributed by atoms with Crippen LogP contribution in [0, 0.1) is 5.82 Å². The molecule has 7 heteroatoms. The van der Waals surface area contributed by atoms with Crippen molar-refractivity contribution in [3.8, 4) is 11.5 Å². The number of rotatable bonds is 6. The number of fused-ring (bicyclic) bond motifs is 1. The minimum atomic E-state index is -0.335. The van der Waals surface area contributed by atoms with Crippen LogP contribution < -0.4 is 20.1 Å². The van der Waals surface area contributed by atoms with Crippen molar-refractivity contribution < 1.29 is 18.7 Å². The monoisotopic (exact) mass is 429 g/mol. The van der Waals surface area contributed by atoms with Crippen LogP contribution in [0.2, 0.25) is 0 Å². The average Bonchev–Trinajstić information content (AvgIpc) is 2.72. The summed E-state index contributed by atoms with van der Waals surface area (Å²) < 4.78 is 25.3. The van der Waals surface area contributed by atoms with Gasteiger partial charge >= 0.3 is 6.03 Å². The van der Waals surface area contributed by atoms with Crippen LogP contribution in [-0.2, 0) is 13.0 Å². The number of methoxy groups -OCH3 is 2. The predicted molar refractivity (Wildman–Crippen MR) is 119 cm³/mol. The molecule has 2 aromatic rings. The zero-order valence-electron chi connectivity index (χ0n) is 18.9.